The second-order valence-electron chi connectivity index (χ2n) is 4.79. The van der Waals surface area contributed by atoms with Crippen molar-refractivity contribution in [2.45, 2.75) is 58.4 Å². The maximum atomic E-state index is 12.7. The molecule has 0 N–H and O–H groups in total. The van der Waals surface area contributed by atoms with E-state index in [9.17, 15) is 4.57 Å². The monoisotopic (exact) mass is 356 g/mol. The summed E-state index contributed by atoms with van der Waals surface area (Å²) in [4.78, 5) is 0. The van der Waals surface area contributed by atoms with E-state index in [4.69, 9.17) is 25.2 Å². The van der Waals surface area contributed by atoms with E-state index in [0.29, 0.717) is 11.6 Å². The van der Waals surface area contributed by atoms with E-state index in [2.05, 4.69) is 5.10 Å². The van der Waals surface area contributed by atoms with Gasteiger partial charge in [-0.3, -0.25) is 13.7 Å². The van der Waals surface area contributed by atoms with Crippen LogP contribution in [0.5, 0.6) is 5.88 Å². The summed E-state index contributed by atoms with van der Waals surface area (Å²) in [5.41, 5.74) is 0. The van der Waals surface area contributed by atoms with Crippen molar-refractivity contribution in [3.8, 4) is 5.88 Å². The van der Waals surface area contributed by atoms with Crippen LogP contribution in [0.2, 0.25) is 5.02 Å². The van der Waals surface area contributed by atoms with Crippen molar-refractivity contribution in [2.75, 3.05) is 6.26 Å². The lowest BCUT2D eigenvalue weighted by Crippen LogP contribution is -2.12. The highest BCUT2D eigenvalue weighted by molar-refractivity contribution is 7.98. The van der Waals surface area contributed by atoms with Crippen LogP contribution in [0.1, 0.15) is 34.6 Å². The third-order valence-corrected chi connectivity index (χ3v) is 5.20. The average Bonchev–Trinajstić information content (AvgIpc) is 2.62. The van der Waals surface area contributed by atoms with Crippen LogP contribution in [0.4, 0.5) is 0 Å². The van der Waals surface area contributed by atoms with E-state index in [0.717, 1.165) is 5.03 Å². The maximum Gasteiger partial charge on any atom is 0.531 e. The number of aromatic nitrogens is 2. The molecule has 0 saturated heterocycles. The number of hydrogen-bond acceptors (Lipinski definition) is 6. The van der Waals surface area contributed by atoms with Gasteiger partial charge in [-0.1, -0.05) is 11.6 Å². The number of nitrogens with zero attached hydrogens (tertiary/aromatic N) is 2. The molecule has 9 heteroatoms. The fraction of sp³-hybridized carbons (Fsp3) is 0.750. The van der Waals surface area contributed by atoms with Gasteiger partial charge in [0.15, 0.2) is 0 Å². The van der Waals surface area contributed by atoms with Crippen molar-refractivity contribution in [2.24, 2.45) is 0 Å². The van der Waals surface area contributed by atoms with Crippen LogP contribution in [0.15, 0.2) is 5.03 Å². The molecule has 122 valence electrons. The number of phosphoric acid groups is 1. The molecule has 0 saturated carbocycles. The van der Waals surface area contributed by atoms with Crippen molar-refractivity contribution >= 4 is 31.2 Å². The molecule has 1 aromatic heterocycles. The van der Waals surface area contributed by atoms with E-state index >= 15 is 0 Å². The van der Waals surface area contributed by atoms with Gasteiger partial charge >= 0.3 is 7.82 Å². The molecule has 0 bridgehead atoms. The summed E-state index contributed by atoms with van der Waals surface area (Å²) < 4.78 is 30.4. The van der Waals surface area contributed by atoms with Gasteiger partial charge in [0.2, 0.25) is 0 Å². The highest BCUT2D eigenvalue weighted by Gasteiger charge is 2.34. The first-order valence-electron chi connectivity index (χ1n) is 6.69. The Hall–Kier alpha value is -0.200. The molecule has 0 radical (unpaired) electrons. The fourth-order valence-corrected chi connectivity index (χ4v) is 4.18. The zero-order chi connectivity index (χ0) is 16.2. The minimum absolute atomic E-state index is 0.0625. The second kappa shape index (κ2) is 7.88. The van der Waals surface area contributed by atoms with Crippen LogP contribution in [0.25, 0.3) is 0 Å². The lowest BCUT2D eigenvalue weighted by atomic mass is 10.5. The molecule has 0 amide bonds. The molecule has 0 aliphatic rings. The Morgan fingerprint density at radius 3 is 2.14 bits per heavy atom. The molecule has 1 aromatic rings. The van der Waals surface area contributed by atoms with E-state index in [-0.39, 0.29) is 18.1 Å². The normalized spacial score (nSPS) is 12.4. The fourth-order valence-electron chi connectivity index (χ4n) is 1.56. The Morgan fingerprint density at radius 2 is 1.81 bits per heavy atom. The van der Waals surface area contributed by atoms with Crippen LogP contribution in [-0.4, -0.2) is 28.2 Å². The van der Waals surface area contributed by atoms with Crippen molar-refractivity contribution in [1.82, 2.24) is 9.78 Å². The van der Waals surface area contributed by atoms with Crippen molar-refractivity contribution in [3.63, 3.8) is 0 Å². The minimum atomic E-state index is -3.78. The van der Waals surface area contributed by atoms with E-state index in [1.807, 2.05) is 13.2 Å². The number of hydrogen-bond donors (Lipinski definition) is 0. The molecule has 0 spiro atoms. The first kappa shape index (κ1) is 18.8. The lowest BCUT2D eigenvalue weighted by Gasteiger charge is -2.21. The lowest BCUT2D eigenvalue weighted by molar-refractivity contribution is 0.102. The quantitative estimate of drug-likeness (QED) is 0.500. The molecule has 1 heterocycles. The summed E-state index contributed by atoms with van der Waals surface area (Å²) in [5, 5.41) is 5.26. The molecule has 0 fully saturated rings. The highest BCUT2D eigenvalue weighted by atomic mass is 35.5. The van der Waals surface area contributed by atoms with Crippen molar-refractivity contribution in [3.05, 3.63) is 5.02 Å². The predicted octanol–water partition coefficient (Wildman–Crippen LogP) is 4.62. The van der Waals surface area contributed by atoms with Crippen LogP contribution in [0, 0.1) is 0 Å². The zero-order valence-corrected chi connectivity index (χ0v) is 15.6. The summed E-state index contributed by atoms with van der Waals surface area (Å²) in [5.74, 6) is 0.0625. The Kier molecular flexibility index (Phi) is 7.07. The minimum Gasteiger partial charge on any atom is -0.382 e. The molecule has 0 aliphatic heterocycles. The van der Waals surface area contributed by atoms with Crippen molar-refractivity contribution in [1.29, 1.82) is 0 Å². The van der Waals surface area contributed by atoms with Gasteiger partial charge in [0.05, 0.1) is 12.2 Å². The number of aryl methyl sites for hydroxylation is 1. The Labute approximate surface area is 135 Å². The van der Waals surface area contributed by atoms with Crippen LogP contribution in [0.3, 0.4) is 0 Å². The summed E-state index contributed by atoms with van der Waals surface area (Å²) in [6, 6.07) is 0. The predicted molar refractivity (Wildman–Crippen MR) is 85.4 cm³/mol. The maximum absolute atomic E-state index is 12.7. The largest absolute Gasteiger partial charge is 0.531 e. The summed E-state index contributed by atoms with van der Waals surface area (Å²) >= 11 is 7.66. The Balaban J connectivity index is 3.09. The number of thioether (sulfide) groups is 1. The van der Waals surface area contributed by atoms with Gasteiger partial charge in [-0.15, -0.1) is 16.9 Å². The second-order valence-corrected chi connectivity index (χ2v) is 7.46. The first-order chi connectivity index (χ1) is 9.72. The van der Waals surface area contributed by atoms with E-state index in [1.54, 1.807) is 32.4 Å². The third kappa shape index (κ3) is 5.18. The van der Waals surface area contributed by atoms with Gasteiger partial charge in [0, 0.05) is 6.54 Å². The van der Waals surface area contributed by atoms with Crippen molar-refractivity contribution < 1.29 is 18.1 Å². The zero-order valence-electron chi connectivity index (χ0n) is 13.1. The summed E-state index contributed by atoms with van der Waals surface area (Å²) in [7, 11) is -3.78. The smallest absolute Gasteiger partial charge is 0.382 e. The van der Waals surface area contributed by atoms with E-state index < -0.39 is 7.82 Å². The van der Waals surface area contributed by atoms with Gasteiger partial charge in [-0.05, 0) is 40.9 Å². The molecule has 21 heavy (non-hydrogen) atoms. The van der Waals surface area contributed by atoms with Crippen LogP contribution in [-0.2, 0) is 20.2 Å². The number of rotatable bonds is 8. The van der Waals surface area contributed by atoms with Gasteiger partial charge in [0.25, 0.3) is 5.88 Å². The molecule has 1 rings (SSSR count). The topological polar surface area (TPSA) is 62.6 Å². The van der Waals surface area contributed by atoms with Crippen LogP contribution < -0.4 is 4.52 Å². The van der Waals surface area contributed by atoms with Gasteiger partial charge < -0.3 is 4.52 Å². The van der Waals surface area contributed by atoms with Gasteiger partial charge in [-0.25, -0.2) is 4.57 Å². The molecule has 0 aliphatic carbocycles. The Morgan fingerprint density at radius 1 is 1.29 bits per heavy atom. The average molecular weight is 357 g/mol. The first-order valence-corrected chi connectivity index (χ1v) is 9.75. The van der Waals surface area contributed by atoms with E-state index in [1.165, 1.54) is 11.8 Å². The molecule has 0 unspecified atom stereocenters. The van der Waals surface area contributed by atoms with Gasteiger partial charge in [0.1, 0.15) is 10.0 Å². The standard InChI is InChI=1S/C12H22ClN2O4PS/c1-7-15-12(21-6)10(13)11(14-15)19-20(16,17-8(2)3)18-9(4)5/h8-9H,7H2,1-6H3. The molecule has 0 aromatic carbocycles. The van der Waals surface area contributed by atoms with Crippen LogP contribution >= 0.6 is 31.2 Å². The molecule has 6 nitrogen and oxygen atoms in total. The highest BCUT2D eigenvalue weighted by Crippen LogP contribution is 2.53. The molecular weight excluding hydrogens is 335 g/mol. The summed E-state index contributed by atoms with van der Waals surface area (Å²) in [6.07, 6.45) is 1.25. The Bertz CT molecular complexity index is 508. The molecular formula is C12H22ClN2O4PS. The SMILES string of the molecule is CCn1nc(OP(=O)(OC(C)C)OC(C)C)c(Cl)c1SC. The summed E-state index contributed by atoms with van der Waals surface area (Å²) in [6.45, 7) is 9.55. The molecule has 0 atom stereocenters. The van der Waals surface area contributed by atoms with Gasteiger partial charge in [-0.2, -0.15) is 0 Å². The number of phosphoric ester groups is 1. The number of halogens is 1. The third-order valence-electron chi connectivity index (χ3n) is 2.19.